The summed E-state index contributed by atoms with van der Waals surface area (Å²) in [4.78, 5) is 34.5. The molecule has 1 aromatic carbocycles. The van der Waals surface area contributed by atoms with E-state index in [1.165, 1.54) is 5.56 Å². The van der Waals surface area contributed by atoms with Crippen LogP contribution in [-0.4, -0.2) is 64.4 Å². The number of hydrogen-bond donors (Lipinski definition) is 3. The van der Waals surface area contributed by atoms with E-state index in [9.17, 15) is 14.4 Å². The normalized spacial score (nSPS) is 12.6. The van der Waals surface area contributed by atoms with Crippen molar-refractivity contribution in [2.24, 2.45) is 0 Å². The summed E-state index contributed by atoms with van der Waals surface area (Å²) in [5.41, 5.74) is 2.31. The lowest BCUT2D eigenvalue weighted by atomic mass is 10.00. The number of carboxylic acids is 3. The molecule has 2 unspecified atom stereocenters. The second-order valence-corrected chi connectivity index (χ2v) is 14.5. The highest BCUT2D eigenvalue weighted by Gasteiger charge is 2.19. The Morgan fingerprint density at radius 2 is 1.00 bits per heavy atom. The number of benzene rings is 1. The zero-order valence-electron chi connectivity index (χ0n) is 32.0. The summed E-state index contributed by atoms with van der Waals surface area (Å²) in [6.07, 6.45) is 22.9. The second-order valence-electron chi connectivity index (χ2n) is 14.5. The molecule has 50 heavy (non-hydrogen) atoms. The minimum atomic E-state index is -0.727. The fourth-order valence-corrected chi connectivity index (χ4v) is 6.44. The Morgan fingerprint density at radius 3 is 1.44 bits per heavy atom. The van der Waals surface area contributed by atoms with Crippen molar-refractivity contribution in [1.82, 2.24) is 4.90 Å². The van der Waals surface area contributed by atoms with Gasteiger partial charge in [-0.25, -0.2) is 0 Å². The Balaban J connectivity index is 2.92. The largest absolute Gasteiger partial charge is 0.490 e. The minimum Gasteiger partial charge on any atom is -0.490 e. The molecule has 9 nitrogen and oxygen atoms in total. The van der Waals surface area contributed by atoms with E-state index in [-0.39, 0.29) is 31.5 Å². The summed E-state index contributed by atoms with van der Waals surface area (Å²) < 4.78 is 13.6. The lowest BCUT2D eigenvalue weighted by Gasteiger charge is -2.25. The van der Waals surface area contributed by atoms with Crippen molar-refractivity contribution in [3.63, 3.8) is 0 Å². The highest BCUT2D eigenvalue weighted by atomic mass is 16.5. The molecule has 0 amide bonds. The van der Waals surface area contributed by atoms with Gasteiger partial charge in [0.15, 0.2) is 0 Å². The molecule has 3 N–H and O–H groups in total. The Kier molecular flexibility index (Phi) is 26.1. The highest BCUT2D eigenvalue weighted by Crippen LogP contribution is 2.36. The molecule has 1 aromatic rings. The van der Waals surface area contributed by atoms with E-state index in [0.29, 0.717) is 0 Å². The van der Waals surface area contributed by atoms with Crippen LogP contribution in [0.3, 0.4) is 0 Å². The molecule has 0 fully saturated rings. The maximum absolute atomic E-state index is 10.9. The van der Waals surface area contributed by atoms with Gasteiger partial charge in [-0.05, 0) is 103 Å². The first kappa shape index (κ1) is 45.2. The molecule has 288 valence electrons. The Bertz CT molecular complexity index is 1060. The average Bonchev–Trinajstić information content (AvgIpc) is 3.04. The fourth-order valence-electron chi connectivity index (χ4n) is 6.44. The number of nitrogens with zero attached hydrogens (tertiary/aromatic N) is 1. The first-order valence-electron chi connectivity index (χ1n) is 19.8. The molecule has 0 heterocycles. The molecule has 0 saturated heterocycles. The first-order valence-corrected chi connectivity index (χ1v) is 19.8. The van der Waals surface area contributed by atoms with E-state index >= 15 is 0 Å². The van der Waals surface area contributed by atoms with Crippen LogP contribution >= 0.6 is 0 Å². The second kappa shape index (κ2) is 28.8. The number of carboxylic acid groups (broad SMARTS) is 3. The smallest absolute Gasteiger partial charge is 0.303 e. The number of rotatable bonds is 34. The number of ether oxygens (including phenoxy) is 2. The van der Waals surface area contributed by atoms with Crippen molar-refractivity contribution < 1.29 is 39.2 Å². The van der Waals surface area contributed by atoms with Crippen LogP contribution < -0.4 is 9.47 Å². The summed E-state index contributed by atoms with van der Waals surface area (Å²) >= 11 is 0. The lowest BCUT2D eigenvalue weighted by molar-refractivity contribution is -0.138. The lowest BCUT2D eigenvalue weighted by Crippen LogP contribution is -2.19. The van der Waals surface area contributed by atoms with Crippen LogP contribution in [0.4, 0.5) is 0 Å². The topological polar surface area (TPSA) is 134 Å². The zero-order valence-corrected chi connectivity index (χ0v) is 32.0. The molecule has 0 spiro atoms. The van der Waals surface area contributed by atoms with Crippen molar-refractivity contribution in [3.8, 4) is 11.5 Å². The van der Waals surface area contributed by atoms with Crippen molar-refractivity contribution in [2.45, 2.75) is 193 Å². The van der Waals surface area contributed by atoms with Crippen LogP contribution in [0.5, 0.6) is 11.5 Å². The third-order valence-corrected chi connectivity index (χ3v) is 9.29. The zero-order chi connectivity index (χ0) is 37.0. The van der Waals surface area contributed by atoms with E-state index < -0.39 is 17.9 Å². The number of carbonyl (C=O) groups is 3. The van der Waals surface area contributed by atoms with Crippen LogP contribution in [0.2, 0.25) is 0 Å². The SMILES string of the molecule is CCC(CCCCCCCCC(=O)O)Oc1cc(CN(C)C)cc(OC(C)CCCCCCCCCC(=O)O)c1CCCCCCCC(=O)O. The van der Waals surface area contributed by atoms with E-state index in [2.05, 4.69) is 45.0 Å². The van der Waals surface area contributed by atoms with Gasteiger partial charge in [-0.1, -0.05) is 84.0 Å². The molecule has 0 aliphatic carbocycles. The number of hydrogen-bond acceptors (Lipinski definition) is 6. The van der Waals surface area contributed by atoms with Gasteiger partial charge in [-0.3, -0.25) is 14.4 Å². The van der Waals surface area contributed by atoms with Crippen LogP contribution in [0.1, 0.15) is 179 Å². The van der Waals surface area contributed by atoms with Gasteiger partial charge in [0.25, 0.3) is 0 Å². The average molecular weight is 706 g/mol. The van der Waals surface area contributed by atoms with E-state index in [4.69, 9.17) is 24.8 Å². The quantitative estimate of drug-likeness (QED) is 0.0599. The van der Waals surface area contributed by atoms with Gasteiger partial charge in [-0.15, -0.1) is 0 Å². The Hall–Kier alpha value is -2.81. The van der Waals surface area contributed by atoms with Crippen LogP contribution in [-0.2, 0) is 27.3 Å². The van der Waals surface area contributed by atoms with Gasteiger partial charge in [0.05, 0.1) is 12.2 Å². The van der Waals surface area contributed by atoms with Gasteiger partial charge < -0.3 is 29.7 Å². The number of unbranched alkanes of at least 4 members (excludes halogenated alkanes) is 15. The Morgan fingerprint density at radius 1 is 0.600 bits per heavy atom. The van der Waals surface area contributed by atoms with Gasteiger partial charge >= 0.3 is 17.9 Å². The van der Waals surface area contributed by atoms with Gasteiger partial charge in [-0.2, -0.15) is 0 Å². The summed E-state index contributed by atoms with van der Waals surface area (Å²) in [7, 11) is 4.15. The third kappa shape index (κ3) is 24.4. The highest BCUT2D eigenvalue weighted by molar-refractivity contribution is 5.67. The van der Waals surface area contributed by atoms with Crippen LogP contribution in [0.25, 0.3) is 0 Å². The van der Waals surface area contributed by atoms with E-state index in [1.807, 2.05) is 0 Å². The van der Waals surface area contributed by atoms with Gasteiger partial charge in [0, 0.05) is 31.4 Å². The van der Waals surface area contributed by atoms with Gasteiger partial charge in [0.2, 0.25) is 0 Å². The summed E-state index contributed by atoms with van der Waals surface area (Å²) in [6.45, 7) is 5.14. The van der Waals surface area contributed by atoms with Crippen LogP contribution in [0, 0.1) is 0 Å². The molecule has 2 atom stereocenters. The minimum absolute atomic E-state index is 0.0697. The summed E-state index contributed by atoms with van der Waals surface area (Å²) in [6, 6.07) is 4.41. The third-order valence-electron chi connectivity index (χ3n) is 9.29. The maximum atomic E-state index is 10.9. The molecular formula is C41H71NO8. The molecule has 0 aromatic heterocycles. The van der Waals surface area contributed by atoms with Crippen molar-refractivity contribution in [1.29, 1.82) is 0 Å². The maximum Gasteiger partial charge on any atom is 0.303 e. The monoisotopic (exact) mass is 706 g/mol. The molecule has 0 aliphatic rings. The molecule has 0 bridgehead atoms. The predicted molar refractivity (Wildman–Crippen MR) is 201 cm³/mol. The van der Waals surface area contributed by atoms with Crippen molar-refractivity contribution in [2.75, 3.05) is 14.1 Å². The fraction of sp³-hybridized carbons (Fsp3) is 0.780. The van der Waals surface area contributed by atoms with Crippen molar-refractivity contribution in [3.05, 3.63) is 23.3 Å². The first-order chi connectivity index (χ1) is 24.0. The van der Waals surface area contributed by atoms with Crippen LogP contribution in [0.15, 0.2) is 12.1 Å². The summed E-state index contributed by atoms with van der Waals surface area (Å²) in [5.74, 6) is -0.292. The van der Waals surface area contributed by atoms with Crippen molar-refractivity contribution >= 4 is 17.9 Å². The molecule has 9 heteroatoms. The molecular weight excluding hydrogens is 634 g/mol. The predicted octanol–water partition coefficient (Wildman–Crippen LogP) is 10.4. The van der Waals surface area contributed by atoms with E-state index in [0.717, 1.165) is 165 Å². The molecule has 0 saturated carbocycles. The Labute approximate surface area is 303 Å². The molecule has 0 aliphatic heterocycles. The summed E-state index contributed by atoms with van der Waals surface area (Å²) in [5, 5.41) is 26.6. The standard InChI is InChI=1S/C41H71NO8/c1-5-35(25-19-13-9-10-16-22-28-40(45)46)50-38-31-34(32-42(3)4)30-37(36(38)26-20-14-11-17-23-29-41(47)48)49-33(2)24-18-12-7-6-8-15-21-27-39(43)44/h30-31,33,35H,5-29,32H2,1-4H3,(H,43,44)(H,45,46)(H,47,48). The van der Waals surface area contributed by atoms with Gasteiger partial charge in [0.1, 0.15) is 11.5 Å². The number of aliphatic carboxylic acids is 3. The molecule has 0 radical (unpaired) electrons. The molecule has 1 rings (SSSR count). The van der Waals surface area contributed by atoms with E-state index in [1.54, 1.807) is 0 Å².